The van der Waals surface area contributed by atoms with E-state index in [4.69, 9.17) is 4.74 Å². The summed E-state index contributed by atoms with van der Waals surface area (Å²) in [6.07, 6.45) is 3.16. The van der Waals surface area contributed by atoms with Gasteiger partial charge in [-0.2, -0.15) is 5.21 Å². The second-order valence-corrected chi connectivity index (χ2v) is 3.22. The molecule has 0 amide bonds. The summed E-state index contributed by atoms with van der Waals surface area (Å²) in [6, 6.07) is 0. The van der Waals surface area contributed by atoms with Crippen LogP contribution in [-0.4, -0.2) is 52.5 Å². The molecule has 6 nitrogen and oxygen atoms in total. The van der Waals surface area contributed by atoms with E-state index in [0.717, 1.165) is 25.1 Å². The minimum atomic E-state index is 0.648. The van der Waals surface area contributed by atoms with Gasteiger partial charge >= 0.3 is 0 Å². The normalized spacial score (nSPS) is 18.2. The Bertz CT molecular complexity index is 308. The number of tetrazole rings is 1. The summed E-state index contributed by atoms with van der Waals surface area (Å²) in [5.74, 6) is 0.686. The zero-order chi connectivity index (χ0) is 9.80. The van der Waals surface area contributed by atoms with Gasteiger partial charge in [-0.15, -0.1) is 10.2 Å². The van der Waals surface area contributed by atoms with Gasteiger partial charge in [0.05, 0.1) is 6.73 Å². The Morgan fingerprint density at radius 3 is 3.29 bits per heavy atom. The minimum absolute atomic E-state index is 0.648. The summed E-state index contributed by atoms with van der Waals surface area (Å²) >= 11 is 0. The third-order valence-electron chi connectivity index (χ3n) is 2.17. The molecule has 0 aliphatic carbocycles. The third-order valence-corrected chi connectivity index (χ3v) is 2.17. The second-order valence-electron chi connectivity index (χ2n) is 3.22. The molecule has 14 heavy (non-hydrogen) atoms. The van der Waals surface area contributed by atoms with Crippen LogP contribution in [-0.2, 0) is 4.74 Å². The molecular weight excluding hydrogens is 182 g/mol. The monoisotopic (exact) mass is 195 g/mol. The third kappa shape index (κ3) is 1.97. The summed E-state index contributed by atoms with van der Waals surface area (Å²) in [4.78, 5) is 2.20. The highest BCUT2D eigenvalue weighted by molar-refractivity contribution is 5.61. The lowest BCUT2D eigenvalue weighted by molar-refractivity contribution is 0.0719. The molecule has 0 saturated heterocycles. The van der Waals surface area contributed by atoms with Gasteiger partial charge in [0, 0.05) is 25.8 Å². The van der Waals surface area contributed by atoms with Crippen molar-refractivity contribution in [1.29, 1.82) is 0 Å². The van der Waals surface area contributed by atoms with E-state index in [1.165, 1.54) is 0 Å². The van der Waals surface area contributed by atoms with Gasteiger partial charge in [-0.05, 0) is 11.6 Å². The number of nitrogens with one attached hydrogen (secondary N) is 1. The van der Waals surface area contributed by atoms with Crippen LogP contribution < -0.4 is 0 Å². The van der Waals surface area contributed by atoms with Crippen molar-refractivity contribution in [3.8, 4) is 0 Å². The summed E-state index contributed by atoms with van der Waals surface area (Å²) < 4.78 is 5.08. The van der Waals surface area contributed by atoms with Crippen LogP contribution in [0, 0.1) is 0 Å². The highest BCUT2D eigenvalue weighted by atomic mass is 16.5. The second kappa shape index (κ2) is 4.30. The summed E-state index contributed by atoms with van der Waals surface area (Å²) in [5.41, 5.74) is 1.11. The van der Waals surface area contributed by atoms with Gasteiger partial charge in [0.1, 0.15) is 0 Å². The molecule has 0 radical (unpaired) electrons. The standard InChI is InChI=1S/C8H13N5O/c1-14-6-13-4-2-3-7(5-13)8-9-11-12-10-8/h3H,2,4-6H2,1H3,(H,9,10,11,12). The van der Waals surface area contributed by atoms with E-state index in [1.54, 1.807) is 7.11 Å². The number of hydrogen-bond donors (Lipinski definition) is 1. The lowest BCUT2D eigenvalue weighted by Crippen LogP contribution is -2.31. The van der Waals surface area contributed by atoms with Crippen molar-refractivity contribution in [2.24, 2.45) is 0 Å². The van der Waals surface area contributed by atoms with Crippen molar-refractivity contribution < 1.29 is 4.74 Å². The van der Waals surface area contributed by atoms with Crippen LogP contribution in [0.25, 0.3) is 5.57 Å². The summed E-state index contributed by atoms with van der Waals surface area (Å²) in [5, 5.41) is 13.9. The number of nitrogens with zero attached hydrogens (tertiary/aromatic N) is 4. The Labute approximate surface area is 81.9 Å². The molecule has 1 aromatic heterocycles. The number of aromatic amines is 1. The topological polar surface area (TPSA) is 66.9 Å². The van der Waals surface area contributed by atoms with Gasteiger partial charge in [-0.25, -0.2) is 0 Å². The van der Waals surface area contributed by atoms with Crippen LogP contribution in [0.1, 0.15) is 12.2 Å². The minimum Gasteiger partial charge on any atom is -0.369 e. The molecule has 2 heterocycles. The van der Waals surface area contributed by atoms with Gasteiger partial charge in [0.25, 0.3) is 0 Å². The Kier molecular flexibility index (Phi) is 2.85. The molecule has 0 fully saturated rings. The highest BCUT2D eigenvalue weighted by Crippen LogP contribution is 2.15. The molecule has 76 valence electrons. The molecule has 0 aromatic carbocycles. The van der Waals surface area contributed by atoms with Crippen molar-refractivity contribution in [2.75, 3.05) is 26.9 Å². The molecule has 0 unspecified atom stereocenters. The van der Waals surface area contributed by atoms with Crippen LogP contribution in [0.2, 0.25) is 0 Å². The summed E-state index contributed by atoms with van der Waals surface area (Å²) in [6.45, 7) is 2.50. The van der Waals surface area contributed by atoms with Crippen LogP contribution in [0.3, 0.4) is 0 Å². The number of rotatable bonds is 3. The number of methoxy groups -OCH3 is 1. The van der Waals surface area contributed by atoms with E-state index in [-0.39, 0.29) is 0 Å². The highest BCUT2D eigenvalue weighted by Gasteiger charge is 2.15. The summed E-state index contributed by atoms with van der Waals surface area (Å²) in [7, 11) is 1.70. The molecule has 1 aliphatic rings. The van der Waals surface area contributed by atoms with E-state index in [9.17, 15) is 0 Å². The van der Waals surface area contributed by atoms with Crippen LogP contribution >= 0.6 is 0 Å². The predicted octanol–water partition coefficient (Wildman–Crippen LogP) is -0.107. The Morgan fingerprint density at radius 1 is 1.64 bits per heavy atom. The SMILES string of the molecule is COCN1CCC=C(c2nn[nH]n2)C1. The van der Waals surface area contributed by atoms with Gasteiger partial charge in [0.2, 0.25) is 5.82 Å². The lowest BCUT2D eigenvalue weighted by Gasteiger charge is -2.24. The molecule has 6 heteroatoms. The van der Waals surface area contributed by atoms with E-state index >= 15 is 0 Å². The van der Waals surface area contributed by atoms with Crippen molar-refractivity contribution in [1.82, 2.24) is 25.5 Å². The van der Waals surface area contributed by atoms with E-state index in [0.29, 0.717) is 12.6 Å². The first-order chi connectivity index (χ1) is 6.90. The number of ether oxygens (including phenoxy) is 1. The maximum Gasteiger partial charge on any atom is 0.201 e. The molecule has 0 atom stereocenters. The van der Waals surface area contributed by atoms with Gasteiger partial charge < -0.3 is 4.74 Å². The Balaban J connectivity index is 2.03. The van der Waals surface area contributed by atoms with Gasteiger partial charge in [-0.3, -0.25) is 4.90 Å². The van der Waals surface area contributed by atoms with E-state index in [2.05, 4.69) is 31.6 Å². The molecule has 2 rings (SSSR count). The average molecular weight is 195 g/mol. The molecular formula is C8H13N5O. The largest absolute Gasteiger partial charge is 0.369 e. The maximum atomic E-state index is 5.08. The van der Waals surface area contributed by atoms with Crippen LogP contribution in [0.4, 0.5) is 0 Å². The van der Waals surface area contributed by atoms with Gasteiger partial charge in [0.15, 0.2) is 0 Å². The first-order valence-corrected chi connectivity index (χ1v) is 4.54. The number of H-pyrrole nitrogens is 1. The quantitative estimate of drug-likeness (QED) is 0.729. The fraction of sp³-hybridized carbons (Fsp3) is 0.625. The zero-order valence-electron chi connectivity index (χ0n) is 8.10. The Hall–Kier alpha value is -1.27. The molecule has 0 spiro atoms. The number of aromatic nitrogens is 4. The lowest BCUT2D eigenvalue weighted by atomic mass is 10.1. The van der Waals surface area contributed by atoms with Crippen molar-refractivity contribution in [3.05, 3.63) is 11.9 Å². The smallest absolute Gasteiger partial charge is 0.201 e. The molecule has 1 aliphatic heterocycles. The Morgan fingerprint density at radius 2 is 2.57 bits per heavy atom. The van der Waals surface area contributed by atoms with E-state index < -0.39 is 0 Å². The molecule has 0 bridgehead atoms. The zero-order valence-corrected chi connectivity index (χ0v) is 8.10. The maximum absolute atomic E-state index is 5.08. The first kappa shape index (κ1) is 9.29. The fourth-order valence-corrected chi connectivity index (χ4v) is 1.56. The molecule has 0 saturated carbocycles. The van der Waals surface area contributed by atoms with Crippen LogP contribution in [0.15, 0.2) is 6.08 Å². The van der Waals surface area contributed by atoms with Crippen molar-refractivity contribution >= 4 is 5.57 Å². The van der Waals surface area contributed by atoms with Crippen molar-refractivity contribution in [3.63, 3.8) is 0 Å². The average Bonchev–Trinajstić information content (AvgIpc) is 2.71. The fourth-order valence-electron chi connectivity index (χ4n) is 1.56. The van der Waals surface area contributed by atoms with E-state index in [1.807, 2.05) is 0 Å². The predicted molar refractivity (Wildman–Crippen MR) is 50.2 cm³/mol. The first-order valence-electron chi connectivity index (χ1n) is 4.54. The molecule has 1 aromatic rings. The van der Waals surface area contributed by atoms with Gasteiger partial charge in [-0.1, -0.05) is 6.08 Å². The van der Waals surface area contributed by atoms with Crippen molar-refractivity contribution in [2.45, 2.75) is 6.42 Å². The number of hydrogen-bond acceptors (Lipinski definition) is 5. The molecule has 1 N–H and O–H groups in total. The van der Waals surface area contributed by atoms with Crippen LogP contribution in [0.5, 0.6) is 0 Å².